The number of hydrogen-bond donors (Lipinski definition) is 1. The predicted molar refractivity (Wildman–Crippen MR) is 67.8 cm³/mol. The van der Waals surface area contributed by atoms with Crippen LogP contribution in [0.5, 0.6) is 0 Å². The molecule has 0 unspecified atom stereocenters. The Morgan fingerprint density at radius 2 is 1.47 bits per heavy atom. The molecule has 1 saturated heterocycles. The van der Waals surface area contributed by atoms with Crippen molar-refractivity contribution in [2.45, 2.75) is 76.7 Å². The van der Waals surface area contributed by atoms with Gasteiger partial charge in [0.05, 0.1) is 6.61 Å². The SMILES string of the molecule is CCCCCCCCCCC[C@]1(CO)OC1=O. The number of carbonyl (C=O) groups excluding carboxylic acids is 1. The Hall–Kier alpha value is -0.570. The maximum atomic E-state index is 10.9. The molecule has 0 spiro atoms. The molecule has 1 heterocycles. The van der Waals surface area contributed by atoms with Gasteiger partial charge in [0, 0.05) is 6.42 Å². The van der Waals surface area contributed by atoms with Crippen molar-refractivity contribution in [3.8, 4) is 0 Å². The van der Waals surface area contributed by atoms with E-state index in [-0.39, 0.29) is 12.6 Å². The maximum absolute atomic E-state index is 10.9. The molecule has 100 valence electrons. The smallest absolute Gasteiger partial charge is 0.354 e. The highest BCUT2D eigenvalue weighted by Gasteiger charge is 2.56. The third kappa shape index (κ3) is 5.07. The fourth-order valence-electron chi connectivity index (χ4n) is 2.20. The average Bonchev–Trinajstić information content (AvgIpc) is 2.98. The van der Waals surface area contributed by atoms with Crippen LogP contribution in [-0.2, 0) is 9.53 Å². The van der Waals surface area contributed by atoms with Crippen LogP contribution in [0.4, 0.5) is 0 Å². The number of cyclic esters (lactones) is 1. The lowest BCUT2D eigenvalue weighted by Gasteiger charge is -2.04. The average molecular weight is 242 g/mol. The lowest BCUT2D eigenvalue weighted by atomic mass is 10.0. The van der Waals surface area contributed by atoms with Gasteiger partial charge in [-0.15, -0.1) is 0 Å². The largest absolute Gasteiger partial charge is 0.441 e. The number of rotatable bonds is 11. The molecule has 3 heteroatoms. The standard InChI is InChI=1S/C14H26O3/c1-2-3-4-5-6-7-8-9-10-11-14(12-15)13(16)17-14/h15H,2-12H2,1H3/t14-/m1/s1. The number of ether oxygens (including phenoxy) is 1. The zero-order valence-electron chi connectivity index (χ0n) is 11.0. The summed E-state index contributed by atoms with van der Waals surface area (Å²) in [4.78, 5) is 10.9. The van der Waals surface area contributed by atoms with Crippen molar-refractivity contribution in [3.63, 3.8) is 0 Å². The highest BCUT2D eigenvalue weighted by atomic mass is 16.7. The van der Waals surface area contributed by atoms with Gasteiger partial charge in [-0.1, -0.05) is 58.3 Å². The zero-order valence-corrected chi connectivity index (χ0v) is 11.0. The Morgan fingerprint density at radius 3 is 1.88 bits per heavy atom. The van der Waals surface area contributed by atoms with Gasteiger partial charge in [-0.25, -0.2) is 4.79 Å². The first kappa shape index (κ1) is 14.5. The fraction of sp³-hybridized carbons (Fsp3) is 0.929. The lowest BCUT2D eigenvalue weighted by molar-refractivity contribution is -0.117. The third-order valence-electron chi connectivity index (χ3n) is 3.56. The Balaban J connectivity index is 1.83. The van der Waals surface area contributed by atoms with Gasteiger partial charge in [0.1, 0.15) is 0 Å². The molecule has 0 radical (unpaired) electrons. The van der Waals surface area contributed by atoms with Gasteiger partial charge in [-0.05, 0) is 6.42 Å². The van der Waals surface area contributed by atoms with Crippen LogP contribution in [0.3, 0.4) is 0 Å². The van der Waals surface area contributed by atoms with E-state index in [1.54, 1.807) is 0 Å². The number of hydrogen-bond acceptors (Lipinski definition) is 3. The van der Waals surface area contributed by atoms with Crippen LogP contribution in [0, 0.1) is 0 Å². The van der Waals surface area contributed by atoms with Gasteiger partial charge in [-0.2, -0.15) is 0 Å². The minimum atomic E-state index is -0.791. The van der Waals surface area contributed by atoms with Gasteiger partial charge in [0.15, 0.2) is 0 Å². The number of aliphatic hydroxyl groups is 1. The minimum Gasteiger partial charge on any atom is -0.441 e. The topological polar surface area (TPSA) is 49.8 Å². The molecule has 0 bridgehead atoms. The minimum absolute atomic E-state index is 0.150. The van der Waals surface area contributed by atoms with Crippen LogP contribution in [0.2, 0.25) is 0 Å². The molecule has 1 aliphatic rings. The van der Waals surface area contributed by atoms with Crippen LogP contribution in [0.15, 0.2) is 0 Å². The summed E-state index contributed by atoms with van der Waals surface area (Å²) in [6.07, 6.45) is 12.1. The Labute approximate surface area is 105 Å². The quantitative estimate of drug-likeness (QED) is 0.447. The molecule has 0 aromatic carbocycles. The number of unbranched alkanes of at least 4 members (excludes halogenated alkanes) is 8. The molecule has 0 amide bonds. The molecule has 0 aromatic heterocycles. The summed E-state index contributed by atoms with van der Waals surface area (Å²) in [6, 6.07) is 0. The van der Waals surface area contributed by atoms with Crippen molar-refractivity contribution in [2.24, 2.45) is 0 Å². The van der Waals surface area contributed by atoms with E-state index in [9.17, 15) is 4.79 Å². The molecule has 1 fully saturated rings. The number of epoxide rings is 1. The Kier molecular flexibility index (Phi) is 6.56. The number of carbonyl (C=O) groups is 1. The molecule has 3 nitrogen and oxygen atoms in total. The first-order chi connectivity index (χ1) is 8.25. The van der Waals surface area contributed by atoms with Crippen molar-refractivity contribution in [1.82, 2.24) is 0 Å². The molecule has 1 aliphatic heterocycles. The first-order valence-electron chi connectivity index (χ1n) is 7.09. The summed E-state index contributed by atoms with van der Waals surface area (Å²) < 4.78 is 4.84. The van der Waals surface area contributed by atoms with Crippen molar-refractivity contribution in [1.29, 1.82) is 0 Å². The van der Waals surface area contributed by atoms with Crippen molar-refractivity contribution in [3.05, 3.63) is 0 Å². The second-order valence-electron chi connectivity index (χ2n) is 5.12. The molecular weight excluding hydrogens is 216 g/mol. The second kappa shape index (κ2) is 7.70. The van der Waals surface area contributed by atoms with Crippen LogP contribution < -0.4 is 0 Å². The van der Waals surface area contributed by atoms with Gasteiger partial charge in [0.2, 0.25) is 5.60 Å². The molecule has 17 heavy (non-hydrogen) atoms. The van der Waals surface area contributed by atoms with Crippen molar-refractivity contribution < 1.29 is 14.6 Å². The van der Waals surface area contributed by atoms with E-state index < -0.39 is 5.60 Å². The van der Waals surface area contributed by atoms with E-state index in [0.29, 0.717) is 6.42 Å². The molecule has 0 saturated carbocycles. The van der Waals surface area contributed by atoms with Gasteiger partial charge >= 0.3 is 5.97 Å². The lowest BCUT2D eigenvalue weighted by Crippen LogP contribution is -2.18. The maximum Gasteiger partial charge on any atom is 0.354 e. The summed E-state index contributed by atoms with van der Waals surface area (Å²) in [5, 5.41) is 9.00. The monoisotopic (exact) mass is 242 g/mol. The van der Waals surface area contributed by atoms with Crippen LogP contribution >= 0.6 is 0 Å². The van der Waals surface area contributed by atoms with E-state index >= 15 is 0 Å². The van der Waals surface area contributed by atoms with E-state index in [1.165, 1.54) is 44.9 Å². The van der Waals surface area contributed by atoms with Gasteiger partial charge in [-0.3, -0.25) is 0 Å². The predicted octanol–water partition coefficient (Wildman–Crippen LogP) is 3.20. The summed E-state index contributed by atoms with van der Waals surface area (Å²) in [7, 11) is 0. The van der Waals surface area contributed by atoms with Crippen LogP contribution in [-0.4, -0.2) is 23.3 Å². The summed E-state index contributed by atoms with van der Waals surface area (Å²) in [5.41, 5.74) is -0.791. The summed E-state index contributed by atoms with van der Waals surface area (Å²) >= 11 is 0. The second-order valence-corrected chi connectivity index (χ2v) is 5.12. The number of aliphatic hydroxyl groups excluding tert-OH is 1. The molecule has 0 aliphatic carbocycles. The Morgan fingerprint density at radius 1 is 1.00 bits per heavy atom. The van der Waals surface area contributed by atoms with E-state index in [2.05, 4.69) is 6.92 Å². The molecular formula is C14H26O3. The van der Waals surface area contributed by atoms with Crippen molar-refractivity contribution >= 4 is 5.97 Å². The van der Waals surface area contributed by atoms with Gasteiger partial charge in [0.25, 0.3) is 0 Å². The molecule has 1 rings (SSSR count). The zero-order chi connectivity index (χ0) is 12.6. The Bertz CT molecular complexity index is 228. The molecule has 0 aromatic rings. The van der Waals surface area contributed by atoms with Crippen LogP contribution in [0.25, 0.3) is 0 Å². The molecule has 1 atom stereocenters. The molecule has 1 N–H and O–H groups in total. The fourth-order valence-corrected chi connectivity index (χ4v) is 2.20. The summed E-state index contributed by atoms with van der Waals surface area (Å²) in [6.45, 7) is 2.08. The normalized spacial score (nSPS) is 22.6. The third-order valence-corrected chi connectivity index (χ3v) is 3.56. The highest BCUT2D eigenvalue weighted by molar-refractivity contribution is 5.92. The summed E-state index contributed by atoms with van der Waals surface area (Å²) in [5.74, 6) is -0.223. The van der Waals surface area contributed by atoms with E-state index in [0.717, 1.165) is 12.8 Å². The van der Waals surface area contributed by atoms with E-state index in [1.807, 2.05) is 0 Å². The first-order valence-corrected chi connectivity index (χ1v) is 7.09. The highest BCUT2D eigenvalue weighted by Crippen LogP contribution is 2.34. The van der Waals surface area contributed by atoms with E-state index in [4.69, 9.17) is 9.84 Å². The van der Waals surface area contributed by atoms with Gasteiger partial charge < -0.3 is 9.84 Å². The van der Waals surface area contributed by atoms with Crippen LogP contribution in [0.1, 0.15) is 71.1 Å². The van der Waals surface area contributed by atoms with Crippen molar-refractivity contribution in [2.75, 3.05) is 6.61 Å².